The highest BCUT2D eigenvalue weighted by Crippen LogP contribution is 2.17. The van der Waals surface area contributed by atoms with Crippen LogP contribution in [0.1, 0.15) is 11.1 Å². The molecule has 2 heterocycles. The number of nitrogens with zero attached hydrogens (tertiary/aromatic N) is 3. The number of piperazine rings is 1. The number of anilines is 1. The number of alkyl carbamates (subject to hydrolysis) is 1. The van der Waals surface area contributed by atoms with E-state index in [4.69, 9.17) is 16.3 Å². The van der Waals surface area contributed by atoms with Gasteiger partial charge >= 0.3 is 6.09 Å². The van der Waals surface area contributed by atoms with Crippen molar-refractivity contribution in [2.75, 3.05) is 31.1 Å². The van der Waals surface area contributed by atoms with Crippen LogP contribution < -0.4 is 10.2 Å². The van der Waals surface area contributed by atoms with Crippen molar-refractivity contribution in [2.24, 2.45) is 0 Å². The zero-order valence-corrected chi connectivity index (χ0v) is 19.5. The van der Waals surface area contributed by atoms with Crippen LogP contribution in [0.5, 0.6) is 0 Å². The van der Waals surface area contributed by atoms with E-state index in [9.17, 15) is 9.59 Å². The minimum Gasteiger partial charge on any atom is -0.445 e. The van der Waals surface area contributed by atoms with E-state index in [1.807, 2.05) is 72.8 Å². The first kappa shape index (κ1) is 23.6. The number of rotatable bonds is 7. The van der Waals surface area contributed by atoms with E-state index < -0.39 is 12.1 Å². The lowest BCUT2D eigenvalue weighted by atomic mass is 10.0. The Morgan fingerprint density at radius 1 is 0.912 bits per heavy atom. The molecule has 2 amide bonds. The van der Waals surface area contributed by atoms with Crippen LogP contribution in [0.2, 0.25) is 5.02 Å². The molecule has 0 spiro atoms. The van der Waals surface area contributed by atoms with Gasteiger partial charge in [0.1, 0.15) is 18.5 Å². The van der Waals surface area contributed by atoms with Gasteiger partial charge < -0.3 is 19.9 Å². The summed E-state index contributed by atoms with van der Waals surface area (Å²) in [5.41, 5.74) is 1.85. The predicted molar refractivity (Wildman–Crippen MR) is 132 cm³/mol. The lowest BCUT2D eigenvalue weighted by Crippen LogP contribution is -2.55. The standard InChI is InChI=1S/C26H27ClN4O3/c27-22-11-12-24(28-18-22)30-13-15-31(16-14-30)25(32)23(17-20-7-3-1-4-8-20)29-26(33)34-19-21-9-5-2-6-10-21/h1-12,18,23H,13-17,19H2,(H,29,33). The van der Waals surface area contributed by atoms with E-state index >= 15 is 0 Å². The topological polar surface area (TPSA) is 74.8 Å². The van der Waals surface area contributed by atoms with Crippen LogP contribution in [0.25, 0.3) is 0 Å². The summed E-state index contributed by atoms with van der Waals surface area (Å²) >= 11 is 5.94. The average Bonchev–Trinajstić information content (AvgIpc) is 2.88. The molecule has 0 aliphatic carbocycles. The van der Waals surface area contributed by atoms with Gasteiger partial charge in [0.25, 0.3) is 0 Å². The molecular formula is C26H27ClN4O3. The molecule has 0 saturated carbocycles. The van der Waals surface area contributed by atoms with Gasteiger partial charge in [0, 0.05) is 38.8 Å². The number of amides is 2. The summed E-state index contributed by atoms with van der Waals surface area (Å²) in [5.74, 6) is 0.712. The van der Waals surface area contributed by atoms with Crippen molar-refractivity contribution in [3.63, 3.8) is 0 Å². The van der Waals surface area contributed by atoms with Gasteiger partial charge in [0.05, 0.1) is 5.02 Å². The van der Waals surface area contributed by atoms with E-state index in [0.717, 1.165) is 16.9 Å². The minimum atomic E-state index is -0.717. The minimum absolute atomic E-state index is 0.121. The van der Waals surface area contributed by atoms with E-state index in [1.54, 1.807) is 11.1 Å². The van der Waals surface area contributed by atoms with Crippen LogP contribution >= 0.6 is 11.6 Å². The van der Waals surface area contributed by atoms with Gasteiger partial charge in [0.15, 0.2) is 0 Å². The van der Waals surface area contributed by atoms with Crippen molar-refractivity contribution in [1.29, 1.82) is 0 Å². The zero-order valence-electron chi connectivity index (χ0n) is 18.8. The average molecular weight is 479 g/mol. The maximum atomic E-state index is 13.4. The quantitative estimate of drug-likeness (QED) is 0.557. The van der Waals surface area contributed by atoms with Crippen LogP contribution in [0.3, 0.4) is 0 Å². The summed E-state index contributed by atoms with van der Waals surface area (Å²) < 4.78 is 5.37. The molecule has 34 heavy (non-hydrogen) atoms. The van der Waals surface area contributed by atoms with Crippen LogP contribution in [0.15, 0.2) is 79.0 Å². The summed E-state index contributed by atoms with van der Waals surface area (Å²) in [4.78, 5) is 34.2. The number of aromatic nitrogens is 1. The molecular weight excluding hydrogens is 452 g/mol. The van der Waals surface area contributed by atoms with Gasteiger partial charge in [-0.05, 0) is 23.3 Å². The van der Waals surface area contributed by atoms with E-state index in [-0.39, 0.29) is 12.5 Å². The van der Waals surface area contributed by atoms with Crippen molar-refractivity contribution in [3.8, 4) is 0 Å². The summed E-state index contributed by atoms with van der Waals surface area (Å²) in [6.07, 6.45) is 1.40. The second-order valence-electron chi connectivity index (χ2n) is 8.10. The van der Waals surface area contributed by atoms with E-state index in [2.05, 4.69) is 15.2 Å². The zero-order chi connectivity index (χ0) is 23.8. The lowest BCUT2D eigenvalue weighted by Gasteiger charge is -2.37. The molecule has 7 nitrogen and oxygen atoms in total. The molecule has 0 radical (unpaired) electrons. The second-order valence-corrected chi connectivity index (χ2v) is 8.53. The van der Waals surface area contributed by atoms with Crippen LogP contribution in [0.4, 0.5) is 10.6 Å². The third kappa shape index (κ3) is 6.48. The summed E-state index contributed by atoms with van der Waals surface area (Å²) in [6, 6.07) is 22.1. The summed E-state index contributed by atoms with van der Waals surface area (Å²) in [6.45, 7) is 2.52. The number of ether oxygens (including phenoxy) is 1. The number of pyridine rings is 1. The van der Waals surface area contributed by atoms with Crippen LogP contribution in [0, 0.1) is 0 Å². The van der Waals surface area contributed by atoms with Crippen molar-refractivity contribution >= 4 is 29.4 Å². The van der Waals surface area contributed by atoms with E-state index in [0.29, 0.717) is 37.6 Å². The number of hydrogen-bond acceptors (Lipinski definition) is 5. The first-order valence-corrected chi connectivity index (χ1v) is 11.6. The molecule has 0 bridgehead atoms. The molecule has 4 rings (SSSR count). The largest absolute Gasteiger partial charge is 0.445 e. The fourth-order valence-corrected chi connectivity index (χ4v) is 4.00. The molecule has 1 aliphatic rings. The van der Waals surface area contributed by atoms with Gasteiger partial charge in [-0.3, -0.25) is 4.79 Å². The Morgan fingerprint density at radius 2 is 1.56 bits per heavy atom. The lowest BCUT2D eigenvalue weighted by molar-refractivity contribution is -0.133. The Bertz CT molecular complexity index is 1070. The van der Waals surface area contributed by atoms with Crippen molar-refractivity contribution in [1.82, 2.24) is 15.2 Å². The molecule has 2 aromatic carbocycles. The molecule has 1 saturated heterocycles. The Morgan fingerprint density at radius 3 is 2.18 bits per heavy atom. The van der Waals surface area contributed by atoms with Gasteiger partial charge in [-0.15, -0.1) is 0 Å². The fourth-order valence-electron chi connectivity index (χ4n) is 3.89. The van der Waals surface area contributed by atoms with Crippen molar-refractivity contribution in [2.45, 2.75) is 19.1 Å². The number of halogens is 1. The first-order chi connectivity index (χ1) is 16.6. The Labute approximate surface area is 204 Å². The van der Waals surface area contributed by atoms with Gasteiger partial charge in [-0.25, -0.2) is 9.78 Å². The molecule has 3 aromatic rings. The van der Waals surface area contributed by atoms with Gasteiger partial charge in [-0.1, -0.05) is 72.3 Å². The smallest absolute Gasteiger partial charge is 0.408 e. The Balaban J connectivity index is 1.38. The van der Waals surface area contributed by atoms with Crippen molar-refractivity contribution < 1.29 is 14.3 Å². The summed E-state index contributed by atoms with van der Waals surface area (Å²) in [5, 5.41) is 3.38. The fraction of sp³-hybridized carbons (Fsp3) is 0.269. The maximum Gasteiger partial charge on any atom is 0.408 e. The van der Waals surface area contributed by atoms with Crippen LogP contribution in [-0.2, 0) is 22.6 Å². The van der Waals surface area contributed by atoms with Gasteiger partial charge in [-0.2, -0.15) is 0 Å². The van der Waals surface area contributed by atoms with Crippen LogP contribution in [-0.4, -0.2) is 54.1 Å². The third-order valence-corrected chi connectivity index (χ3v) is 5.94. The molecule has 1 fully saturated rings. The Kier molecular flexibility index (Phi) is 7.99. The number of nitrogens with one attached hydrogen (secondary N) is 1. The molecule has 1 aromatic heterocycles. The highest BCUT2D eigenvalue weighted by molar-refractivity contribution is 6.30. The summed E-state index contributed by atoms with van der Waals surface area (Å²) in [7, 11) is 0. The molecule has 176 valence electrons. The predicted octanol–water partition coefficient (Wildman–Crippen LogP) is 3.92. The number of carbonyl (C=O) groups is 2. The number of carbonyl (C=O) groups excluding carboxylic acids is 2. The Hall–Kier alpha value is -3.58. The molecule has 1 N–H and O–H groups in total. The monoisotopic (exact) mass is 478 g/mol. The second kappa shape index (κ2) is 11.5. The number of hydrogen-bond donors (Lipinski definition) is 1. The molecule has 1 unspecified atom stereocenters. The van der Waals surface area contributed by atoms with E-state index in [1.165, 1.54) is 0 Å². The van der Waals surface area contributed by atoms with Crippen molar-refractivity contribution in [3.05, 3.63) is 95.1 Å². The maximum absolute atomic E-state index is 13.4. The molecule has 8 heteroatoms. The highest BCUT2D eigenvalue weighted by atomic mass is 35.5. The SMILES string of the molecule is O=C(NC(Cc1ccccc1)C(=O)N1CCN(c2ccc(Cl)cn2)CC1)OCc1ccccc1. The first-order valence-electron chi connectivity index (χ1n) is 11.2. The van der Waals surface area contributed by atoms with Gasteiger partial charge in [0.2, 0.25) is 5.91 Å². The molecule has 1 aliphatic heterocycles. The molecule has 1 atom stereocenters. The normalized spacial score (nSPS) is 14.4. The highest BCUT2D eigenvalue weighted by Gasteiger charge is 2.29. The number of benzene rings is 2. The third-order valence-electron chi connectivity index (χ3n) is 5.71.